The van der Waals surface area contributed by atoms with Crippen molar-refractivity contribution in [3.8, 4) is 0 Å². The molecule has 2 saturated carbocycles. The van der Waals surface area contributed by atoms with Crippen molar-refractivity contribution in [3.63, 3.8) is 0 Å². The molecule has 0 amide bonds. The zero-order chi connectivity index (χ0) is 8.93. The van der Waals surface area contributed by atoms with E-state index >= 15 is 0 Å². The first-order valence-electron chi connectivity index (χ1n) is 5.01. The Bertz CT molecular complexity index is 216. The van der Waals surface area contributed by atoms with E-state index in [1.807, 2.05) is 0 Å². The van der Waals surface area contributed by atoms with E-state index in [0.29, 0.717) is 11.7 Å². The molecule has 0 aliphatic heterocycles. The minimum absolute atomic E-state index is 0.496. The standard InChI is InChI=1S/C7H9O.3CH3.Sn/c8-7-4-5-1-2-6(7)3-5;;;;/h1,5-6H,2-4H2;3*1H3;/t5-,6+;;;;/m0..../s1. The summed E-state index contributed by atoms with van der Waals surface area (Å²) in [7, 11) is 0. The van der Waals surface area contributed by atoms with Crippen molar-refractivity contribution in [2.45, 2.75) is 38.0 Å². The van der Waals surface area contributed by atoms with Gasteiger partial charge in [0.2, 0.25) is 0 Å². The molecule has 2 aliphatic rings. The summed E-state index contributed by atoms with van der Waals surface area (Å²) in [5, 5.41) is 0. The molecule has 12 heavy (non-hydrogen) atoms. The molecule has 0 aromatic rings. The van der Waals surface area contributed by atoms with Crippen molar-refractivity contribution >= 4 is 24.2 Å². The summed E-state index contributed by atoms with van der Waals surface area (Å²) in [6.07, 6.45) is 3.45. The molecule has 2 rings (SSSR count). The second-order valence-corrected chi connectivity index (χ2v) is 21.2. The molecule has 0 radical (unpaired) electrons. The maximum absolute atomic E-state index is 11.3. The molecule has 2 bridgehead atoms. The molecule has 0 aromatic carbocycles. The van der Waals surface area contributed by atoms with E-state index in [2.05, 4.69) is 14.8 Å². The van der Waals surface area contributed by atoms with Crippen LogP contribution in [-0.4, -0.2) is 24.2 Å². The third-order valence-corrected chi connectivity index (χ3v) is 12.1. The first-order chi connectivity index (χ1) is 5.48. The second-order valence-electron chi connectivity index (χ2n) is 5.57. The quantitative estimate of drug-likeness (QED) is 0.671. The Morgan fingerprint density at radius 3 is 2.25 bits per heavy atom. The predicted octanol–water partition coefficient (Wildman–Crippen LogP) is 2.69. The number of ketones is 1. The molecule has 68 valence electrons. The summed E-state index contributed by atoms with van der Waals surface area (Å²) >= 11 is -1.66. The van der Waals surface area contributed by atoms with Gasteiger partial charge in [-0.1, -0.05) is 0 Å². The van der Waals surface area contributed by atoms with Gasteiger partial charge in [0.25, 0.3) is 0 Å². The number of carbonyl (C=O) groups excluding carboxylic acids is 1. The van der Waals surface area contributed by atoms with E-state index in [-0.39, 0.29) is 0 Å². The number of fused-ring (bicyclic) bond motifs is 2. The predicted molar refractivity (Wildman–Crippen MR) is 52.9 cm³/mol. The number of Topliss-reactive ketones (excluding diaryl/α,β-unsaturated/α-hetero) is 1. The van der Waals surface area contributed by atoms with Crippen molar-refractivity contribution < 1.29 is 4.79 Å². The summed E-state index contributed by atoms with van der Waals surface area (Å²) in [6, 6.07) is 0. The van der Waals surface area contributed by atoms with Gasteiger partial charge >= 0.3 is 78.8 Å². The molecule has 0 spiro atoms. The van der Waals surface area contributed by atoms with Crippen LogP contribution in [0.15, 0.2) is 0 Å². The van der Waals surface area contributed by atoms with Crippen molar-refractivity contribution in [1.29, 1.82) is 0 Å². The fraction of sp³-hybridized carbons (Fsp3) is 0.900. The Kier molecular flexibility index (Phi) is 2.05. The molecule has 0 heterocycles. The van der Waals surface area contributed by atoms with E-state index < -0.39 is 18.4 Å². The van der Waals surface area contributed by atoms with Gasteiger partial charge in [-0.3, -0.25) is 0 Å². The topological polar surface area (TPSA) is 17.1 Å². The second kappa shape index (κ2) is 2.73. The fourth-order valence-corrected chi connectivity index (χ4v) is 10.7. The Labute approximate surface area is 78.8 Å². The van der Waals surface area contributed by atoms with Gasteiger partial charge in [0.1, 0.15) is 0 Å². The first kappa shape index (κ1) is 9.04. The van der Waals surface area contributed by atoms with Crippen molar-refractivity contribution in [3.05, 3.63) is 0 Å². The summed E-state index contributed by atoms with van der Waals surface area (Å²) in [4.78, 5) is 18.9. The summed E-state index contributed by atoms with van der Waals surface area (Å²) < 4.78 is 1.02. The third-order valence-electron chi connectivity index (χ3n) is 3.73. The van der Waals surface area contributed by atoms with Crippen molar-refractivity contribution in [1.82, 2.24) is 0 Å². The number of hydrogen-bond donors (Lipinski definition) is 0. The van der Waals surface area contributed by atoms with Gasteiger partial charge < -0.3 is 0 Å². The zero-order valence-corrected chi connectivity index (χ0v) is 11.1. The Morgan fingerprint density at radius 1 is 1.25 bits per heavy atom. The zero-order valence-electron chi connectivity index (χ0n) is 8.26. The van der Waals surface area contributed by atoms with E-state index in [0.717, 1.165) is 16.3 Å². The summed E-state index contributed by atoms with van der Waals surface area (Å²) in [6.45, 7) is 0. The first-order valence-corrected chi connectivity index (χ1v) is 15.2. The Hall–Kier alpha value is 0.469. The van der Waals surface area contributed by atoms with Gasteiger partial charge in [-0.15, -0.1) is 0 Å². The van der Waals surface area contributed by atoms with E-state index in [1.54, 1.807) is 0 Å². The normalized spacial score (nSPS) is 40.9. The van der Waals surface area contributed by atoms with Gasteiger partial charge in [-0.2, -0.15) is 0 Å². The molecule has 0 unspecified atom stereocenters. The average molecular weight is 273 g/mol. The van der Waals surface area contributed by atoms with Gasteiger partial charge in [0.05, 0.1) is 0 Å². The SMILES string of the molecule is [CH3][Sn]([CH3])([CH3])[C@@H]1C[C@@H]2C[C@H]1CC2=O. The third kappa shape index (κ3) is 1.34. The minimum atomic E-state index is -1.66. The molecule has 0 saturated heterocycles. The van der Waals surface area contributed by atoms with Crippen LogP contribution in [0.1, 0.15) is 19.3 Å². The van der Waals surface area contributed by atoms with Crippen LogP contribution < -0.4 is 0 Å². The number of carbonyl (C=O) groups is 1. The van der Waals surface area contributed by atoms with Crippen molar-refractivity contribution in [2.24, 2.45) is 11.8 Å². The van der Waals surface area contributed by atoms with E-state index in [4.69, 9.17) is 0 Å². The van der Waals surface area contributed by atoms with Crippen LogP contribution in [0.4, 0.5) is 0 Å². The van der Waals surface area contributed by atoms with Crippen LogP contribution in [0.25, 0.3) is 0 Å². The molecule has 2 heteroatoms. The molecular weight excluding hydrogens is 255 g/mol. The molecule has 0 aromatic heterocycles. The van der Waals surface area contributed by atoms with Crippen LogP contribution in [-0.2, 0) is 4.79 Å². The number of rotatable bonds is 1. The van der Waals surface area contributed by atoms with Crippen LogP contribution >= 0.6 is 0 Å². The average Bonchev–Trinajstić information content (AvgIpc) is 2.41. The van der Waals surface area contributed by atoms with Crippen LogP contribution in [0, 0.1) is 11.8 Å². The molecule has 2 fully saturated rings. The number of hydrogen-bond acceptors (Lipinski definition) is 1. The monoisotopic (exact) mass is 274 g/mol. The van der Waals surface area contributed by atoms with Gasteiger partial charge in [-0.05, 0) is 0 Å². The summed E-state index contributed by atoms with van der Waals surface area (Å²) in [5.74, 6) is 1.89. The summed E-state index contributed by atoms with van der Waals surface area (Å²) in [5.41, 5.74) is 0. The van der Waals surface area contributed by atoms with E-state index in [9.17, 15) is 4.79 Å². The van der Waals surface area contributed by atoms with Gasteiger partial charge in [-0.25, -0.2) is 0 Å². The Morgan fingerprint density at radius 2 is 1.92 bits per heavy atom. The molecule has 1 nitrogen and oxygen atoms in total. The molecular formula is C10H18OSn. The molecule has 2 aliphatic carbocycles. The van der Waals surface area contributed by atoms with Crippen LogP contribution in [0.2, 0.25) is 18.8 Å². The maximum atomic E-state index is 11.3. The van der Waals surface area contributed by atoms with E-state index in [1.165, 1.54) is 12.8 Å². The molecule has 3 atom stereocenters. The molecule has 0 N–H and O–H groups in total. The Balaban J connectivity index is 2.13. The van der Waals surface area contributed by atoms with Crippen LogP contribution in [0.3, 0.4) is 0 Å². The van der Waals surface area contributed by atoms with Crippen molar-refractivity contribution in [2.75, 3.05) is 0 Å². The fourth-order valence-electron chi connectivity index (χ4n) is 3.10. The van der Waals surface area contributed by atoms with Crippen LogP contribution in [0.5, 0.6) is 0 Å². The van der Waals surface area contributed by atoms with Gasteiger partial charge in [0.15, 0.2) is 0 Å². The van der Waals surface area contributed by atoms with Gasteiger partial charge in [0, 0.05) is 0 Å².